The van der Waals surface area contributed by atoms with Crippen molar-refractivity contribution in [3.05, 3.63) is 54.6 Å². The molecule has 0 aliphatic carbocycles. The number of nitrogens with zero attached hydrogens (tertiary/aromatic N) is 6. The van der Waals surface area contributed by atoms with Gasteiger partial charge in [-0.2, -0.15) is 0 Å². The lowest BCUT2D eigenvalue weighted by Crippen LogP contribution is -2.46. The van der Waals surface area contributed by atoms with Gasteiger partial charge in [0.15, 0.2) is 5.82 Å². The number of aromatic nitrogens is 4. The van der Waals surface area contributed by atoms with Gasteiger partial charge in [-0.25, -0.2) is 4.98 Å². The van der Waals surface area contributed by atoms with Gasteiger partial charge in [-0.15, -0.1) is 10.2 Å². The van der Waals surface area contributed by atoms with Crippen LogP contribution in [0.25, 0.3) is 5.65 Å². The molecule has 124 valence electrons. The van der Waals surface area contributed by atoms with Gasteiger partial charge in [-0.3, -0.25) is 9.30 Å². The summed E-state index contributed by atoms with van der Waals surface area (Å²) in [5, 5.41) is 8.21. The van der Waals surface area contributed by atoms with E-state index in [4.69, 9.17) is 0 Å². The van der Waals surface area contributed by atoms with E-state index >= 15 is 0 Å². The summed E-state index contributed by atoms with van der Waals surface area (Å²) in [6.45, 7) is 3.21. The summed E-state index contributed by atoms with van der Waals surface area (Å²) in [6, 6.07) is 11.1. The van der Waals surface area contributed by atoms with E-state index in [2.05, 4.69) is 62.4 Å². The number of likely N-dealkylation sites (N-methyl/N-ethyl adjacent to an activating group) is 1. The normalized spacial score (nSPS) is 18.8. The minimum absolute atomic E-state index is 0.442. The molecular formula is C18H22N6. The van der Waals surface area contributed by atoms with Gasteiger partial charge >= 0.3 is 0 Å². The Labute approximate surface area is 141 Å². The second-order valence-electron chi connectivity index (χ2n) is 6.44. The van der Waals surface area contributed by atoms with Crippen LogP contribution >= 0.6 is 0 Å². The fraction of sp³-hybridized carbons (Fsp3) is 0.389. The summed E-state index contributed by atoms with van der Waals surface area (Å²) in [5.74, 6) is 0.904. The van der Waals surface area contributed by atoms with E-state index in [1.165, 1.54) is 18.4 Å². The number of anilines is 1. The largest absolute Gasteiger partial charge is 0.352 e. The van der Waals surface area contributed by atoms with Crippen molar-refractivity contribution in [3.8, 4) is 0 Å². The van der Waals surface area contributed by atoms with E-state index < -0.39 is 0 Å². The average molecular weight is 322 g/mol. The predicted octanol–water partition coefficient (Wildman–Crippen LogP) is 2.23. The van der Waals surface area contributed by atoms with Crippen LogP contribution in [0.4, 0.5) is 5.82 Å². The second kappa shape index (κ2) is 6.57. The Morgan fingerprint density at radius 2 is 2.12 bits per heavy atom. The molecule has 1 saturated heterocycles. The molecule has 0 saturated carbocycles. The van der Waals surface area contributed by atoms with E-state index in [9.17, 15) is 0 Å². The Bertz CT molecular complexity index is 799. The molecule has 24 heavy (non-hydrogen) atoms. The number of hydrogen-bond donors (Lipinski definition) is 0. The average Bonchev–Trinajstić information content (AvgIpc) is 3.11. The standard InChI is InChI=1S/C18H22N6/c1-22(17-18-21-20-14-24(18)11-9-19-17)16-8-5-10-23(13-16)12-15-6-3-2-4-7-15/h2-4,6-7,9,11,14,16H,5,8,10,12-13H2,1H3. The summed E-state index contributed by atoms with van der Waals surface area (Å²) in [5.41, 5.74) is 2.19. The van der Waals surface area contributed by atoms with Crippen molar-refractivity contribution >= 4 is 11.5 Å². The summed E-state index contributed by atoms with van der Waals surface area (Å²) in [4.78, 5) is 9.34. The Kier molecular flexibility index (Phi) is 4.13. The molecule has 0 radical (unpaired) electrons. The first-order valence-corrected chi connectivity index (χ1v) is 8.45. The summed E-state index contributed by atoms with van der Waals surface area (Å²) in [6.07, 6.45) is 7.80. The molecular weight excluding hydrogens is 300 g/mol. The highest BCUT2D eigenvalue weighted by molar-refractivity contribution is 5.63. The zero-order valence-corrected chi connectivity index (χ0v) is 13.9. The van der Waals surface area contributed by atoms with Crippen molar-refractivity contribution in [2.75, 3.05) is 25.0 Å². The number of hydrogen-bond acceptors (Lipinski definition) is 5. The van der Waals surface area contributed by atoms with Gasteiger partial charge in [0.25, 0.3) is 0 Å². The zero-order valence-electron chi connectivity index (χ0n) is 13.9. The Hall–Kier alpha value is -2.47. The molecule has 3 heterocycles. The van der Waals surface area contributed by atoms with Gasteiger partial charge < -0.3 is 4.90 Å². The maximum Gasteiger partial charge on any atom is 0.203 e. The molecule has 0 amide bonds. The first-order chi connectivity index (χ1) is 11.8. The number of fused-ring (bicyclic) bond motifs is 1. The van der Waals surface area contributed by atoms with Crippen molar-refractivity contribution in [3.63, 3.8) is 0 Å². The van der Waals surface area contributed by atoms with Crippen LogP contribution in [0.2, 0.25) is 0 Å². The zero-order chi connectivity index (χ0) is 16.4. The number of benzene rings is 1. The number of piperidine rings is 1. The van der Waals surface area contributed by atoms with Gasteiger partial charge in [0, 0.05) is 38.6 Å². The quantitative estimate of drug-likeness (QED) is 0.737. The highest BCUT2D eigenvalue weighted by Crippen LogP contribution is 2.23. The second-order valence-corrected chi connectivity index (χ2v) is 6.44. The molecule has 4 rings (SSSR count). The number of likely N-dealkylation sites (tertiary alicyclic amines) is 1. The molecule has 0 N–H and O–H groups in total. The van der Waals surface area contributed by atoms with Crippen LogP contribution in [-0.4, -0.2) is 50.7 Å². The third kappa shape index (κ3) is 2.97. The van der Waals surface area contributed by atoms with Crippen LogP contribution in [0.3, 0.4) is 0 Å². The van der Waals surface area contributed by atoms with Gasteiger partial charge in [0.2, 0.25) is 5.65 Å². The lowest BCUT2D eigenvalue weighted by Gasteiger charge is -2.38. The summed E-state index contributed by atoms with van der Waals surface area (Å²) < 4.78 is 1.92. The first-order valence-electron chi connectivity index (χ1n) is 8.45. The third-order valence-corrected chi connectivity index (χ3v) is 4.81. The van der Waals surface area contributed by atoms with Crippen molar-refractivity contribution in [1.29, 1.82) is 0 Å². The van der Waals surface area contributed by atoms with Gasteiger partial charge in [0.1, 0.15) is 6.33 Å². The molecule has 1 aliphatic rings. The first kappa shape index (κ1) is 15.1. The van der Waals surface area contributed by atoms with E-state index in [0.717, 1.165) is 31.1 Å². The highest BCUT2D eigenvalue weighted by Gasteiger charge is 2.25. The fourth-order valence-electron chi connectivity index (χ4n) is 3.50. The maximum absolute atomic E-state index is 4.55. The van der Waals surface area contributed by atoms with Crippen LogP contribution < -0.4 is 4.90 Å². The van der Waals surface area contributed by atoms with Gasteiger partial charge in [-0.1, -0.05) is 30.3 Å². The van der Waals surface area contributed by atoms with Crippen molar-refractivity contribution in [2.45, 2.75) is 25.4 Å². The Balaban J connectivity index is 1.50. The SMILES string of the molecule is CN(c1nccn2cnnc12)C1CCCN(Cc2ccccc2)C1. The van der Waals surface area contributed by atoms with Crippen molar-refractivity contribution in [1.82, 2.24) is 24.5 Å². The van der Waals surface area contributed by atoms with Crippen molar-refractivity contribution in [2.24, 2.45) is 0 Å². The van der Waals surface area contributed by atoms with E-state index in [0.29, 0.717) is 6.04 Å². The van der Waals surface area contributed by atoms with Gasteiger partial charge in [0.05, 0.1) is 0 Å². The highest BCUT2D eigenvalue weighted by atomic mass is 15.3. The molecule has 0 bridgehead atoms. The molecule has 1 atom stereocenters. The molecule has 6 heteroatoms. The van der Waals surface area contributed by atoms with Crippen LogP contribution in [0.15, 0.2) is 49.1 Å². The van der Waals surface area contributed by atoms with E-state index in [1.807, 2.05) is 16.8 Å². The third-order valence-electron chi connectivity index (χ3n) is 4.81. The van der Waals surface area contributed by atoms with Crippen LogP contribution in [0.5, 0.6) is 0 Å². The van der Waals surface area contributed by atoms with E-state index in [1.54, 1.807) is 6.33 Å². The molecule has 1 unspecified atom stereocenters. The predicted molar refractivity (Wildman–Crippen MR) is 93.9 cm³/mol. The monoisotopic (exact) mass is 322 g/mol. The van der Waals surface area contributed by atoms with Crippen LogP contribution in [0, 0.1) is 0 Å². The topological polar surface area (TPSA) is 49.6 Å². The summed E-state index contributed by atoms with van der Waals surface area (Å²) in [7, 11) is 2.12. The minimum atomic E-state index is 0.442. The fourth-order valence-corrected chi connectivity index (χ4v) is 3.50. The van der Waals surface area contributed by atoms with Crippen molar-refractivity contribution < 1.29 is 0 Å². The lowest BCUT2D eigenvalue weighted by molar-refractivity contribution is 0.198. The molecule has 2 aromatic heterocycles. The van der Waals surface area contributed by atoms with Crippen LogP contribution in [-0.2, 0) is 6.54 Å². The minimum Gasteiger partial charge on any atom is -0.352 e. The van der Waals surface area contributed by atoms with Gasteiger partial charge in [-0.05, 0) is 24.9 Å². The molecule has 6 nitrogen and oxygen atoms in total. The number of rotatable bonds is 4. The Morgan fingerprint density at radius 3 is 3.00 bits per heavy atom. The molecule has 3 aromatic rings. The smallest absolute Gasteiger partial charge is 0.203 e. The Morgan fingerprint density at radius 1 is 1.25 bits per heavy atom. The summed E-state index contributed by atoms with van der Waals surface area (Å²) >= 11 is 0. The lowest BCUT2D eigenvalue weighted by atomic mass is 10.0. The molecule has 1 fully saturated rings. The maximum atomic E-state index is 4.55. The molecule has 0 spiro atoms. The molecule has 1 aliphatic heterocycles. The van der Waals surface area contributed by atoms with Crippen LogP contribution in [0.1, 0.15) is 18.4 Å². The molecule has 1 aromatic carbocycles. The van der Waals surface area contributed by atoms with E-state index in [-0.39, 0.29) is 0 Å².